The summed E-state index contributed by atoms with van der Waals surface area (Å²) < 4.78 is 25.4. The molecule has 144 valence electrons. The topological polar surface area (TPSA) is 67.3 Å². The van der Waals surface area contributed by atoms with Gasteiger partial charge in [0.1, 0.15) is 5.69 Å². The van der Waals surface area contributed by atoms with Crippen LogP contribution in [0.5, 0.6) is 0 Å². The van der Waals surface area contributed by atoms with Crippen LogP contribution in [0.2, 0.25) is 10.0 Å². The van der Waals surface area contributed by atoms with Crippen LogP contribution in [-0.2, 0) is 15.6 Å². The van der Waals surface area contributed by atoms with Crippen LogP contribution >= 0.6 is 23.2 Å². The Balaban J connectivity index is 1.80. The summed E-state index contributed by atoms with van der Waals surface area (Å²) in [7, 11) is -3.71. The van der Waals surface area contributed by atoms with Gasteiger partial charge in [-0.2, -0.15) is 0 Å². The van der Waals surface area contributed by atoms with Gasteiger partial charge in [0, 0.05) is 18.1 Å². The minimum Gasteiger partial charge on any atom is -0.337 e. The molecule has 1 amide bonds. The van der Waals surface area contributed by atoms with Gasteiger partial charge in [0.2, 0.25) is 0 Å². The second-order valence-electron chi connectivity index (χ2n) is 6.82. The number of likely N-dealkylation sites (tertiary alicyclic amines) is 1. The van der Waals surface area contributed by atoms with Crippen LogP contribution in [0.3, 0.4) is 0 Å². The monoisotopic (exact) mass is 426 g/mol. The Bertz CT molecular complexity index is 955. The van der Waals surface area contributed by atoms with Crippen LogP contribution in [0, 0.1) is 5.92 Å². The lowest BCUT2D eigenvalue weighted by atomic mass is 9.99. The molecule has 2 aromatic rings. The van der Waals surface area contributed by atoms with Crippen molar-refractivity contribution in [3.63, 3.8) is 0 Å². The molecule has 27 heavy (non-hydrogen) atoms. The molecule has 1 aliphatic rings. The quantitative estimate of drug-likeness (QED) is 0.732. The Morgan fingerprint density at radius 3 is 2.56 bits per heavy atom. The van der Waals surface area contributed by atoms with Crippen LogP contribution in [0.4, 0.5) is 0 Å². The molecule has 1 aromatic carbocycles. The Labute approximate surface area is 169 Å². The number of carbonyl (C=O) groups excluding carboxylic acids is 1. The maximum absolute atomic E-state index is 12.7. The lowest BCUT2D eigenvalue weighted by molar-refractivity contribution is 0.0691. The van der Waals surface area contributed by atoms with E-state index in [0.717, 1.165) is 12.8 Å². The molecule has 1 saturated heterocycles. The van der Waals surface area contributed by atoms with Crippen molar-refractivity contribution < 1.29 is 13.2 Å². The summed E-state index contributed by atoms with van der Waals surface area (Å²) in [4.78, 5) is 18.7. The first kappa shape index (κ1) is 20.1. The maximum atomic E-state index is 12.7. The van der Waals surface area contributed by atoms with Crippen LogP contribution in [0.25, 0.3) is 0 Å². The number of pyridine rings is 1. The standard InChI is InChI=1S/C19H20Cl2N2O3S/c1-13-7-9-23(10-8-13)19(24)17-4-2-3-15(22-17)12-27(25,26)18-6-5-14(20)11-16(18)21/h2-6,11,13H,7-10,12H2,1H3. The fourth-order valence-electron chi connectivity index (χ4n) is 3.05. The van der Waals surface area contributed by atoms with E-state index in [9.17, 15) is 13.2 Å². The van der Waals surface area contributed by atoms with Crippen molar-refractivity contribution in [3.8, 4) is 0 Å². The van der Waals surface area contributed by atoms with Gasteiger partial charge in [-0.15, -0.1) is 0 Å². The highest BCUT2D eigenvalue weighted by Gasteiger charge is 2.24. The molecule has 0 atom stereocenters. The van der Waals surface area contributed by atoms with E-state index >= 15 is 0 Å². The third-order valence-corrected chi connectivity index (χ3v) is 7.03. The van der Waals surface area contributed by atoms with E-state index in [1.54, 1.807) is 23.1 Å². The third kappa shape index (κ3) is 4.81. The number of aromatic nitrogens is 1. The molecule has 0 spiro atoms. The molecule has 0 unspecified atom stereocenters. The third-order valence-electron chi connectivity index (χ3n) is 4.66. The SMILES string of the molecule is CC1CCN(C(=O)c2cccc(CS(=O)(=O)c3ccc(Cl)cc3Cl)n2)CC1. The van der Waals surface area contributed by atoms with Gasteiger partial charge in [0.25, 0.3) is 5.91 Å². The largest absolute Gasteiger partial charge is 0.337 e. The smallest absolute Gasteiger partial charge is 0.272 e. The van der Waals surface area contributed by atoms with Gasteiger partial charge >= 0.3 is 0 Å². The van der Waals surface area contributed by atoms with Gasteiger partial charge in [-0.05, 0) is 49.1 Å². The molecule has 2 heterocycles. The number of piperidine rings is 1. The van der Waals surface area contributed by atoms with Crippen LogP contribution in [0.15, 0.2) is 41.3 Å². The number of benzene rings is 1. The summed E-state index contributed by atoms with van der Waals surface area (Å²) in [6.45, 7) is 3.57. The molecule has 0 aliphatic carbocycles. The second kappa shape index (κ2) is 8.17. The fraction of sp³-hybridized carbons (Fsp3) is 0.368. The number of halogens is 2. The average molecular weight is 427 g/mol. The second-order valence-corrected chi connectivity index (χ2v) is 9.62. The molecule has 0 bridgehead atoms. The molecular formula is C19H20Cl2N2O3S. The molecule has 0 N–H and O–H groups in total. The summed E-state index contributed by atoms with van der Waals surface area (Å²) in [5.41, 5.74) is 0.566. The first-order valence-corrected chi connectivity index (χ1v) is 11.1. The van der Waals surface area contributed by atoms with E-state index in [0.29, 0.717) is 29.7 Å². The fourth-order valence-corrected chi connectivity index (χ4v) is 5.15. The molecule has 8 heteroatoms. The van der Waals surface area contributed by atoms with Crippen LogP contribution in [-0.4, -0.2) is 37.3 Å². The van der Waals surface area contributed by atoms with Gasteiger partial charge in [-0.1, -0.05) is 36.2 Å². The summed E-state index contributed by atoms with van der Waals surface area (Å²) in [6, 6.07) is 9.11. The first-order chi connectivity index (χ1) is 12.8. The zero-order chi connectivity index (χ0) is 19.6. The number of amides is 1. The van der Waals surface area contributed by atoms with Crippen molar-refractivity contribution in [3.05, 3.63) is 57.8 Å². The summed E-state index contributed by atoms with van der Waals surface area (Å²) in [5, 5.41) is 0.428. The highest BCUT2D eigenvalue weighted by molar-refractivity contribution is 7.90. The minimum atomic E-state index is -3.71. The molecule has 1 aliphatic heterocycles. The number of nitrogens with zero attached hydrogens (tertiary/aromatic N) is 2. The van der Waals surface area contributed by atoms with E-state index in [2.05, 4.69) is 11.9 Å². The van der Waals surface area contributed by atoms with Gasteiger partial charge in [-0.25, -0.2) is 13.4 Å². The van der Waals surface area contributed by atoms with Crippen LogP contribution in [0.1, 0.15) is 35.9 Å². The van der Waals surface area contributed by atoms with Crippen molar-refractivity contribution in [2.24, 2.45) is 5.92 Å². The van der Waals surface area contributed by atoms with Crippen molar-refractivity contribution >= 4 is 38.9 Å². The van der Waals surface area contributed by atoms with Crippen molar-refractivity contribution in [1.29, 1.82) is 0 Å². The molecular weight excluding hydrogens is 407 g/mol. The lowest BCUT2D eigenvalue weighted by Gasteiger charge is -2.30. The van der Waals surface area contributed by atoms with E-state index < -0.39 is 9.84 Å². The van der Waals surface area contributed by atoms with Crippen molar-refractivity contribution in [2.75, 3.05) is 13.1 Å². The summed E-state index contributed by atoms with van der Waals surface area (Å²) >= 11 is 11.9. The van der Waals surface area contributed by atoms with Gasteiger partial charge in [0.05, 0.1) is 21.4 Å². The molecule has 0 radical (unpaired) electrons. The van der Waals surface area contributed by atoms with E-state index in [1.807, 2.05) is 0 Å². The summed E-state index contributed by atoms with van der Waals surface area (Å²) in [5.74, 6) is 0.111. The predicted octanol–water partition coefficient (Wildman–Crippen LogP) is 4.23. The van der Waals surface area contributed by atoms with E-state index in [4.69, 9.17) is 23.2 Å². The average Bonchev–Trinajstić information content (AvgIpc) is 2.61. The highest BCUT2D eigenvalue weighted by atomic mass is 35.5. The number of sulfone groups is 1. The van der Waals surface area contributed by atoms with Gasteiger partial charge in [0.15, 0.2) is 9.84 Å². The van der Waals surface area contributed by atoms with Crippen molar-refractivity contribution in [2.45, 2.75) is 30.4 Å². The molecule has 5 nitrogen and oxygen atoms in total. The number of hydrogen-bond acceptors (Lipinski definition) is 4. The first-order valence-electron chi connectivity index (χ1n) is 8.69. The Hall–Kier alpha value is -1.63. The molecule has 1 fully saturated rings. The number of hydrogen-bond donors (Lipinski definition) is 0. The Morgan fingerprint density at radius 1 is 1.19 bits per heavy atom. The minimum absolute atomic E-state index is 0.00267. The van der Waals surface area contributed by atoms with Crippen molar-refractivity contribution in [1.82, 2.24) is 9.88 Å². The predicted molar refractivity (Wildman–Crippen MR) is 106 cm³/mol. The van der Waals surface area contributed by atoms with Crippen LogP contribution < -0.4 is 0 Å². The molecule has 0 saturated carbocycles. The van der Waals surface area contributed by atoms with Gasteiger partial charge < -0.3 is 4.90 Å². The zero-order valence-corrected chi connectivity index (χ0v) is 17.2. The maximum Gasteiger partial charge on any atom is 0.272 e. The molecule has 1 aromatic heterocycles. The number of carbonyl (C=O) groups is 1. The lowest BCUT2D eigenvalue weighted by Crippen LogP contribution is -2.38. The van der Waals surface area contributed by atoms with E-state index in [1.165, 1.54) is 18.2 Å². The Kier molecular flexibility index (Phi) is 6.08. The zero-order valence-electron chi connectivity index (χ0n) is 14.9. The molecule has 3 rings (SSSR count). The van der Waals surface area contributed by atoms with Gasteiger partial charge in [-0.3, -0.25) is 4.79 Å². The number of rotatable bonds is 4. The normalized spacial score (nSPS) is 15.7. The van der Waals surface area contributed by atoms with E-state index in [-0.39, 0.29) is 27.3 Å². The highest BCUT2D eigenvalue weighted by Crippen LogP contribution is 2.27. The Morgan fingerprint density at radius 2 is 1.89 bits per heavy atom. The summed E-state index contributed by atoms with van der Waals surface area (Å²) in [6.07, 6.45) is 1.93.